The molecule has 4 rings (SSSR count). The number of aryl methyl sites for hydroxylation is 1. The fourth-order valence-corrected chi connectivity index (χ4v) is 4.54. The quantitative estimate of drug-likeness (QED) is 0.518. The van der Waals surface area contributed by atoms with Crippen LogP contribution in [-0.4, -0.2) is 37.6 Å². The SMILES string of the molecule is COc1ccc(C(CNC(=O)c2oc3cc(Br)ccc3c2C)N2CCCCC2)cc1. The molecule has 0 saturated carbocycles. The maximum Gasteiger partial charge on any atom is 0.287 e. The second-order valence-electron chi connectivity index (χ2n) is 7.79. The van der Waals surface area contributed by atoms with Crippen molar-refractivity contribution in [1.29, 1.82) is 0 Å². The number of amides is 1. The van der Waals surface area contributed by atoms with Crippen molar-refractivity contribution in [3.63, 3.8) is 0 Å². The third-order valence-electron chi connectivity index (χ3n) is 5.89. The lowest BCUT2D eigenvalue weighted by Gasteiger charge is -2.35. The Labute approximate surface area is 185 Å². The first-order valence-electron chi connectivity index (χ1n) is 10.4. The van der Waals surface area contributed by atoms with Crippen molar-refractivity contribution in [2.24, 2.45) is 0 Å². The molecule has 1 fully saturated rings. The predicted molar refractivity (Wildman–Crippen MR) is 122 cm³/mol. The minimum Gasteiger partial charge on any atom is -0.497 e. The van der Waals surface area contributed by atoms with Crippen LogP contribution in [0.15, 0.2) is 51.4 Å². The lowest BCUT2D eigenvalue weighted by molar-refractivity contribution is 0.0898. The highest BCUT2D eigenvalue weighted by Gasteiger charge is 2.25. The predicted octanol–water partition coefficient (Wildman–Crippen LogP) is 5.47. The molecule has 1 aliphatic heterocycles. The molecule has 1 atom stereocenters. The monoisotopic (exact) mass is 470 g/mol. The van der Waals surface area contributed by atoms with Gasteiger partial charge < -0.3 is 14.5 Å². The van der Waals surface area contributed by atoms with Crippen LogP contribution in [0.2, 0.25) is 0 Å². The van der Waals surface area contributed by atoms with E-state index >= 15 is 0 Å². The largest absolute Gasteiger partial charge is 0.497 e. The van der Waals surface area contributed by atoms with Crippen LogP contribution in [0, 0.1) is 6.92 Å². The highest BCUT2D eigenvalue weighted by atomic mass is 79.9. The van der Waals surface area contributed by atoms with E-state index in [-0.39, 0.29) is 11.9 Å². The first-order valence-corrected chi connectivity index (χ1v) is 11.2. The first kappa shape index (κ1) is 20.9. The smallest absolute Gasteiger partial charge is 0.287 e. The van der Waals surface area contributed by atoms with Crippen molar-refractivity contribution in [3.8, 4) is 5.75 Å². The normalized spacial score (nSPS) is 15.8. The van der Waals surface area contributed by atoms with Crippen molar-refractivity contribution in [2.45, 2.75) is 32.2 Å². The van der Waals surface area contributed by atoms with Gasteiger partial charge in [-0.2, -0.15) is 0 Å². The lowest BCUT2D eigenvalue weighted by Crippen LogP contribution is -2.40. The van der Waals surface area contributed by atoms with Gasteiger partial charge in [0.15, 0.2) is 5.76 Å². The fraction of sp³-hybridized carbons (Fsp3) is 0.375. The summed E-state index contributed by atoms with van der Waals surface area (Å²) in [6, 6.07) is 14.1. The first-order chi connectivity index (χ1) is 14.6. The van der Waals surface area contributed by atoms with Crippen molar-refractivity contribution in [2.75, 3.05) is 26.7 Å². The summed E-state index contributed by atoms with van der Waals surface area (Å²) in [5, 5.41) is 4.09. The second-order valence-corrected chi connectivity index (χ2v) is 8.71. The lowest BCUT2D eigenvalue weighted by atomic mass is 10.0. The molecule has 1 N–H and O–H groups in total. The fourth-order valence-electron chi connectivity index (χ4n) is 4.20. The van der Waals surface area contributed by atoms with Gasteiger partial charge in [0.25, 0.3) is 5.91 Å². The van der Waals surface area contributed by atoms with E-state index in [2.05, 4.69) is 38.3 Å². The van der Waals surface area contributed by atoms with E-state index < -0.39 is 0 Å². The van der Waals surface area contributed by atoms with Gasteiger partial charge in [0.2, 0.25) is 0 Å². The van der Waals surface area contributed by atoms with Gasteiger partial charge in [-0.05, 0) is 68.8 Å². The van der Waals surface area contributed by atoms with Crippen LogP contribution >= 0.6 is 15.9 Å². The molecule has 1 amide bonds. The molecule has 2 heterocycles. The molecule has 5 nitrogen and oxygen atoms in total. The molecular formula is C24H27BrN2O3. The highest BCUT2D eigenvalue weighted by Crippen LogP contribution is 2.29. The molecule has 1 unspecified atom stereocenters. The Bertz CT molecular complexity index is 1020. The number of nitrogens with one attached hydrogen (secondary N) is 1. The molecule has 1 saturated heterocycles. The van der Waals surface area contributed by atoms with Gasteiger partial charge in [-0.15, -0.1) is 0 Å². The number of likely N-dealkylation sites (tertiary alicyclic amines) is 1. The molecule has 0 radical (unpaired) electrons. The molecule has 30 heavy (non-hydrogen) atoms. The van der Waals surface area contributed by atoms with E-state index in [1.165, 1.54) is 24.8 Å². The summed E-state index contributed by atoms with van der Waals surface area (Å²) in [7, 11) is 1.67. The number of hydrogen-bond donors (Lipinski definition) is 1. The van der Waals surface area contributed by atoms with Crippen LogP contribution in [0.5, 0.6) is 5.75 Å². The Morgan fingerprint density at radius 1 is 1.17 bits per heavy atom. The van der Waals surface area contributed by atoms with Crippen LogP contribution in [0.3, 0.4) is 0 Å². The number of furan rings is 1. The summed E-state index contributed by atoms with van der Waals surface area (Å²) in [6.45, 7) is 4.56. The minimum atomic E-state index is -0.171. The molecule has 1 aliphatic rings. The van der Waals surface area contributed by atoms with Gasteiger partial charge in [-0.1, -0.05) is 34.5 Å². The van der Waals surface area contributed by atoms with Crippen LogP contribution in [0.4, 0.5) is 0 Å². The number of rotatable bonds is 6. The number of benzene rings is 2. The van der Waals surface area contributed by atoms with Crippen LogP contribution in [-0.2, 0) is 0 Å². The van der Waals surface area contributed by atoms with E-state index in [4.69, 9.17) is 9.15 Å². The summed E-state index contributed by atoms with van der Waals surface area (Å²) < 4.78 is 12.1. The minimum absolute atomic E-state index is 0.124. The third kappa shape index (κ3) is 4.40. The molecule has 1 aromatic heterocycles. The van der Waals surface area contributed by atoms with E-state index in [9.17, 15) is 4.79 Å². The Balaban J connectivity index is 1.54. The number of carbonyl (C=O) groups excluding carboxylic acids is 1. The number of ether oxygens (including phenoxy) is 1. The summed E-state index contributed by atoms with van der Waals surface area (Å²) in [4.78, 5) is 15.5. The number of piperidine rings is 1. The van der Waals surface area contributed by atoms with Gasteiger partial charge in [0.1, 0.15) is 11.3 Å². The molecule has 158 valence electrons. The molecule has 6 heteroatoms. The van der Waals surface area contributed by atoms with Crippen molar-refractivity contribution in [1.82, 2.24) is 10.2 Å². The number of nitrogens with zero attached hydrogens (tertiary/aromatic N) is 1. The standard InChI is InChI=1S/C24H27BrN2O3/c1-16-20-11-8-18(25)14-22(20)30-23(16)24(28)26-15-21(27-12-4-3-5-13-27)17-6-9-19(29-2)10-7-17/h6-11,14,21H,3-5,12-13,15H2,1-2H3,(H,26,28). The summed E-state index contributed by atoms with van der Waals surface area (Å²) in [5.41, 5.74) is 2.77. The number of methoxy groups -OCH3 is 1. The van der Waals surface area contributed by atoms with Crippen LogP contribution in [0.25, 0.3) is 11.0 Å². The molecule has 0 spiro atoms. The van der Waals surface area contributed by atoms with E-state index in [0.29, 0.717) is 12.3 Å². The Kier molecular flexibility index (Phi) is 6.44. The number of carbonyl (C=O) groups is 1. The maximum atomic E-state index is 13.0. The average molecular weight is 471 g/mol. The average Bonchev–Trinajstić information content (AvgIpc) is 3.10. The second kappa shape index (κ2) is 9.23. The topological polar surface area (TPSA) is 54.7 Å². The Morgan fingerprint density at radius 2 is 1.90 bits per heavy atom. The van der Waals surface area contributed by atoms with Crippen molar-refractivity contribution in [3.05, 3.63) is 63.8 Å². The van der Waals surface area contributed by atoms with Gasteiger partial charge in [0, 0.05) is 22.0 Å². The highest BCUT2D eigenvalue weighted by molar-refractivity contribution is 9.10. The van der Waals surface area contributed by atoms with E-state index in [1.807, 2.05) is 37.3 Å². The Hall–Kier alpha value is -2.31. The van der Waals surface area contributed by atoms with Gasteiger partial charge in [-0.25, -0.2) is 0 Å². The number of halogens is 1. The zero-order valence-electron chi connectivity index (χ0n) is 17.4. The molecule has 0 aliphatic carbocycles. The molecule has 0 bridgehead atoms. The third-order valence-corrected chi connectivity index (χ3v) is 6.39. The molecule has 2 aromatic carbocycles. The number of hydrogen-bond acceptors (Lipinski definition) is 4. The van der Waals surface area contributed by atoms with Crippen molar-refractivity contribution >= 4 is 32.8 Å². The maximum absolute atomic E-state index is 13.0. The molecular weight excluding hydrogens is 444 g/mol. The van der Waals surface area contributed by atoms with E-state index in [0.717, 1.165) is 39.8 Å². The zero-order chi connectivity index (χ0) is 21.1. The molecule has 3 aromatic rings. The van der Waals surface area contributed by atoms with Crippen molar-refractivity contribution < 1.29 is 13.9 Å². The number of fused-ring (bicyclic) bond motifs is 1. The van der Waals surface area contributed by atoms with Gasteiger partial charge in [0.05, 0.1) is 13.2 Å². The van der Waals surface area contributed by atoms with Crippen LogP contribution < -0.4 is 10.1 Å². The van der Waals surface area contributed by atoms with Gasteiger partial charge >= 0.3 is 0 Å². The zero-order valence-corrected chi connectivity index (χ0v) is 19.0. The van der Waals surface area contributed by atoms with Crippen LogP contribution in [0.1, 0.15) is 47.0 Å². The Morgan fingerprint density at radius 3 is 2.60 bits per heavy atom. The van der Waals surface area contributed by atoms with Gasteiger partial charge in [-0.3, -0.25) is 9.69 Å². The summed E-state index contributed by atoms with van der Waals surface area (Å²) in [6.07, 6.45) is 3.66. The summed E-state index contributed by atoms with van der Waals surface area (Å²) in [5.74, 6) is 1.05. The summed E-state index contributed by atoms with van der Waals surface area (Å²) >= 11 is 3.46. The van der Waals surface area contributed by atoms with E-state index in [1.54, 1.807) is 7.11 Å².